The van der Waals surface area contributed by atoms with Crippen LogP contribution < -0.4 is 4.90 Å². The van der Waals surface area contributed by atoms with Crippen molar-refractivity contribution >= 4 is 45.9 Å². The van der Waals surface area contributed by atoms with Crippen molar-refractivity contribution < 1.29 is 14.7 Å². The molecule has 1 fully saturated rings. The summed E-state index contributed by atoms with van der Waals surface area (Å²) in [5.74, 6) is -1.44. The monoisotopic (exact) mass is 374 g/mol. The number of hydrogen-bond acceptors (Lipinski definition) is 5. The topological polar surface area (TPSA) is 60.9 Å². The molecule has 0 bridgehead atoms. The van der Waals surface area contributed by atoms with Crippen LogP contribution >= 0.6 is 24.0 Å². The van der Waals surface area contributed by atoms with Gasteiger partial charge in [-0.05, 0) is 23.8 Å². The molecule has 2 aliphatic heterocycles. The van der Waals surface area contributed by atoms with Gasteiger partial charge in [-0.3, -0.25) is 14.5 Å². The fourth-order valence-electron chi connectivity index (χ4n) is 3.24. The van der Waals surface area contributed by atoms with Gasteiger partial charge in [0.05, 0.1) is 4.91 Å². The van der Waals surface area contributed by atoms with Gasteiger partial charge in [0.25, 0.3) is 5.91 Å². The molecule has 7 heteroatoms. The van der Waals surface area contributed by atoms with E-state index >= 15 is 0 Å². The van der Waals surface area contributed by atoms with Gasteiger partial charge in [0, 0.05) is 23.8 Å². The van der Waals surface area contributed by atoms with Gasteiger partial charge in [-0.25, -0.2) is 0 Å². The van der Waals surface area contributed by atoms with Crippen molar-refractivity contribution in [2.24, 2.45) is 0 Å². The van der Waals surface area contributed by atoms with E-state index in [1.807, 2.05) is 25.3 Å². The van der Waals surface area contributed by atoms with E-state index in [4.69, 9.17) is 17.3 Å². The Morgan fingerprint density at radius 3 is 2.64 bits per heavy atom. The van der Waals surface area contributed by atoms with Gasteiger partial charge in [-0.2, -0.15) is 0 Å². The van der Waals surface area contributed by atoms with Gasteiger partial charge in [0.15, 0.2) is 0 Å². The van der Waals surface area contributed by atoms with Gasteiger partial charge in [-0.1, -0.05) is 56.0 Å². The second-order valence-electron chi connectivity index (χ2n) is 6.44. The molecule has 1 aromatic carbocycles. The van der Waals surface area contributed by atoms with Gasteiger partial charge < -0.3 is 10.0 Å². The number of rotatable bonds is 3. The van der Waals surface area contributed by atoms with Crippen LogP contribution in [-0.4, -0.2) is 39.8 Å². The zero-order chi connectivity index (χ0) is 18.4. The lowest BCUT2D eigenvalue weighted by Gasteiger charge is -2.23. The number of fused-ring (bicyclic) bond motifs is 1. The summed E-state index contributed by atoms with van der Waals surface area (Å²) in [6.07, 6.45) is 3.66. The van der Waals surface area contributed by atoms with Crippen molar-refractivity contribution in [3.8, 4) is 0 Å². The number of carboxylic acid groups (broad SMARTS) is 1. The molecule has 0 spiro atoms. The first-order valence-electron chi connectivity index (χ1n) is 7.74. The molecule has 1 amide bonds. The van der Waals surface area contributed by atoms with Gasteiger partial charge in [0.2, 0.25) is 0 Å². The van der Waals surface area contributed by atoms with E-state index in [1.165, 1.54) is 5.56 Å². The predicted octanol–water partition coefficient (Wildman–Crippen LogP) is 3.13. The van der Waals surface area contributed by atoms with Gasteiger partial charge >= 0.3 is 5.97 Å². The Hall–Kier alpha value is -2.12. The third-order valence-electron chi connectivity index (χ3n) is 4.50. The summed E-state index contributed by atoms with van der Waals surface area (Å²) < 4.78 is 0.277. The molecular formula is C18H18N2O3S2. The standard InChI is InChI=1S/C18H18N2O3S2/c1-18(2)11-6-4-5-7-12(11)19(3)14(18)9-8-13-16(23)20(10-15(21)22)17(24)25-13/h4-9H,10H2,1-3H3,(H,21,22)/b13-8+,14-9+. The van der Waals surface area contributed by atoms with Crippen molar-refractivity contribution in [1.29, 1.82) is 0 Å². The number of nitrogens with zero attached hydrogens (tertiary/aromatic N) is 2. The summed E-state index contributed by atoms with van der Waals surface area (Å²) in [4.78, 5) is 26.9. The molecule has 2 heterocycles. The van der Waals surface area contributed by atoms with E-state index in [-0.39, 0.29) is 15.6 Å². The minimum absolute atomic E-state index is 0.185. The van der Waals surface area contributed by atoms with Crippen LogP contribution in [0, 0.1) is 0 Å². The fraction of sp³-hybridized carbons (Fsp3) is 0.278. The number of thiocarbonyl (C=S) groups is 1. The molecule has 1 saturated heterocycles. The summed E-state index contributed by atoms with van der Waals surface area (Å²) in [6.45, 7) is 3.88. The van der Waals surface area contributed by atoms with E-state index in [0.29, 0.717) is 4.91 Å². The third-order valence-corrected chi connectivity index (χ3v) is 5.90. The Kier molecular flexibility index (Phi) is 4.47. The molecule has 3 rings (SSSR count). The van der Waals surface area contributed by atoms with Crippen LogP contribution in [0.15, 0.2) is 47.0 Å². The molecule has 1 aromatic rings. The molecule has 0 unspecified atom stereocenters. The lowest BCUT2D eigenvalue weighted by molar-refractivity contribution is -0.140. The molecule has 25 heavy (non-hydrogen) atoms. The molecule has 0 aromatic heterocycles. The number of anilines is 1. The maximum absolute atomic E-state index is 12.4. The number of amides is 1. The van der Waals surface area contributed by atoms with Crippen LogP contribution in [0.4, 0.5) is 5.69 Å². The zero-order valence-electron chi connectivity index (χ0n) is 14.1. The normalized spacial score (nSPS) is 22.2. The highest BCUT2D eigenvalue weighted by Crippen LogP contribution is 2.46. The first kappa shape index (κ1) is 17.7. The minimum atomic E-state index is -1.08. The molecule has 0 saturated carbocycles. The number of thioether (sulfide) groups is 1. The van der Waals surface area contributed by atoms with Crippen LogP contribution in [0.3, 0.4) is 0 Å². The Morgan fingerprint density at radius 1 is 1.32 bits per heavy atom. The molecule has 1 N–H and O–H groups in total. The molecule has 0 atom stereocenters. The van der Waals surface area contributed by atoms with Crippen molar-refractivity contribution in [3.05, 3.63) is 52.6 Å². The number of benzene rings is 1. The van der Waals surface area contributed by atoms with Crippen LogP contribution in [0.25, 0.3) is 0 Å². The number of hydrogen-bond donors (Lipinski definition) is 1. The smallest absolute Gasteiger partial charge is 0.323 e. The second kappa shape index (κ2) is 6.31. The zero-order valence-corrected chi connectivity index (χ0v) is 15.8. The van der Waals surface area contributed by atoms with E-state index in [9.17, 15) is 9.59 Å². The highest BCUT2D eigenvalue weighted by Gasteiger charge is 2.38. The Morgan fingerprint density at radius 2 is 2.00 bits per heavy atom. The Balaban J connectivity index is 1.92. The lowest BCUT2D eigenvalue weighted by Crippen LogP contribution is -2.33. The number of allylic oxidation sites excluding steroid dienone is 3. The number of carbonyl (C=O) groups is 2. The van der Waals surface area contributed by atoms with Crippen LogP contribution in [0.1, 0.15) is 19.4 Å². The van der Waals surface area contributed by atoms with Crippen molar-refractivity contribution in [3.63, 3.8) is 0 Å². The number of aliphatic carboxylic acids is 1. The maximum atomic E-state index is 12.4. The van der Waals surface area contributed by atoms with Crippen molar-refractivity contribution in [2.45, 2.75) is 19.3 Å². The average Bonchev–Trinajstić information content (AvgIpc) is 2.92. The highest BCUT2D eigenvalue weighted by atomic mass is 32.2. The highest BCUT2D eigenvalue weighted by molar-refractivity contribution is 8.26. The van der Waals surface area contributed by atoms with Gasteiger partial charge in [0.1, 0.15) is 10.9 Å². The molecular weight excluding hydrogens is 356 g/mol. The summed E-state index contributed by atoms with van der Waals surface area (Å²) in [5, 5.41) is 8.90. The molecule has 0 radical (unpaired) electrons. The quantitative estimate of drug-likeness (QED) is 0.648. The molecule has 130 valence electrons. The number of carbonyl (C=O) groups excluding carboxylic acids is 1. The first-order valence-corrected chi connectivity index (χ1v) is 8.97. The van der Waals surface area contributed by atoms with Crippen LogP contribution in [0.2, 0.25) is 0 Å². The van der Waals surface area contributed by atoms with Gasteiger partial charge in [-0.15, -0.1) is 0 Å². The second-order valence-corrected chi connectivity index (χ2v) is 8.11. The molecule has 0 aliphatic carbocycles. The van der Waals surface area contributed by atoms with E-state index in [0.717, 1.165) is 28.0 Å². The molecule has 5 nitrogen and oxygen atoms in total. The SMILES string of the molecule is CN1/C(=C/C=C2/SC(=S)N(CC(=O)O)C2=O)C(C)(C)c2ccccc21. The third kappa shape index (κ3) is 2.98. The van der Waals surface area contributed by atoms with Crippen LogP contribution in [-0.2, 0) is 15.0 Å². The summed E-state index contributed by atoms with van der Waals surface area (Å²) >= 11 is 6.25. The number of carboxylic acids is 1. The fourth-order valence-corrected chi connectivity index (χ4v) is 4.44. The van der Waals surface area contributed by atoms with E-state index in [2.05, 4.69) is 30.9 Å². The lowest BCUT2D eigenvalue weighted by atomic mass is 9.84. The largest absolute Gasteiger partial charge is 0.480 e. The predicted molar refractivity (Wildman–Crippen MR) is 104 cm³/mol. The van der Waals surface area contributed by atoms with Crippen molar-refractivity contribution in [2.75, 3.05) is 18.5 Å². The molecule has 2 aliphatic rings. The summed E-state index contributed by atoms with van der Waals surface area (Å²) in [5.41, 5.74) is 3.26. The average molecular weight is 374 g/mol. The summed E-state index contributed by atoms with van der Waals surface area (Å²) in [6, 6.07) is 8.21. The van der Waals surface area contributed by atoms with E-state index in [1.54, 1.807) is 6.08 Å². The van der Waals surface area contributed by atoms with Crippen LogP contribution in [0.5, 0.6) is 0 Å². The Labute approximate surface area is 156 Å². The maximum Gasteiger partial charge on any atom is 0.323 e. The van der Waals surface area contributed by atoms with E-state index < -0.39 is 12.5 Å². The Bertz CT molecular complexity index is 842. The number of para-hydroxylation sites is 1. The minimum Gasteiger partial charge on any atom is -0.480 e. The number of likely N-dealkylation sites (N-methyl/N-ethyl adjacent to an activating group) is 1. The first-order chi connectivity index (χ1) is 11.7. The van der Waals surface area contributed by atoms with Crippen molar-refractivity contribution in [1.82, 2.24) is 4.90 Å². The summed E-state index contributed by atoms with van der Waals surface area (Å²) in [7, 11) is 2.00.